The Balaban J connectivity index is 1.41. The predicted molar refractivity (Wildman–Crippen MR) is 128 cm³/mol. The molecular weight excluding hydrogens is 418 g/mol. The lowest BCUT2D eigenvalue weighted by atomic mass is 10.1. The number of hydrogen-bond acceptors (Lipinski definition) is 5. The lowest BCUT2D eigenvalue weighted by molar-refractivity contribution is -0.132. The quantitative estimate of drug-likeness (QED) is 0.628. The summed E-state index contributed by atoms with van der Waals surface area (Å²) in [7, 11) is 1.60. The normalized spacial score (nSPS) is 13.7. The number of nitrogens with one attached hydrogen (secondary N) is 1. The van der Waals surface area contributed by atoms with Gasteiger partial charge in [-0.2, -0.15) is 5.10 Å². The molecule has 1 N–H and O–H groups in total. The number of benzene rings is 2. The number of piperazine rings is 1. The fourth-order valence-corrected chi connectivity index (χ4v) is 4.10. The van der Waals surface area contributed by atoms with Gasteiger partial charge in [-0.3, -0.25) is 14.3 Å². The van der Waals surface area contributed by atoms with Crippen molar-refractivity contribution in [1.82, 2.24) is 14.7 Å². The highest BCUT2D eigenvalue weighted by Crippen LogP contribution is 2.24. The minimum absolute atomic E-state index is 0.0601. The van der Waals surface area contributed by atoms with Crippen LogP contribution in [-0.4, -0.2) is 59.8 Å². The van der Waals surface area contributed by atoms with Crippen LogP contribution in [0.5, 0.6) is 5.75 Å². The Kier molecular flexibility index (Phi) is 6.63. The molecule has 4 rings (SSSR count). The smallest absolute Gasteiger partial charge is 0.257 e. The molecule has 0 radical (unpaired) electrons. The fourth-order valence-electron chi connectivity index (χ4n) is 4.10. The van der Waals surface area contributed by atoms with E-state index < -0.39 is 0 Å². The van der Waals surface area contributed by atoms with Crippen LogP contribution in [0.2, 0.25) is 0 Å². The highest BCUT2D eigenvalue weighted by Gasteiger charge is 2.24. The number of para-hydroxylation sites is 1. The summed E-state index contributed by atoms with van der Waals surface area (Å²) in [5.41, 5.74) is 4.03. The molecule has 0 saturated carbocycles. The minimum Gasteiger partial charge on any atom is -0.497 e. The molecule has 1 aliphatic heterocycles. The number of carbonyl (C=O) groups is 2. The van der Waals surface area contributed by atoms with Crippen LogP contribution in [0.4, 0.5) is 11.4 Å². The number of ether oxygens (including phenoxy) is 1. The Morgan fingerprint density at radius 2 is 1.76 bits per heavy atom. The topological polar surface area (TPSA) is 79.7 Å². The number of anilines is 2. The summed E-state index contributed by atoms with van der Waals surface area (Å²) >= 11 is 0. The number of hydrogen-bond donors (Lipinski definition) is 1. The van der Waals surface area contributed by atoms with E-state index in [1.807, 2.05) is 67.3 Å². The van der Waals surface area contributed by atoms with Crippen LogP contribution in [0.25, 0.3) is 0 Å². The molecule has 1 aliphatic rings. The van der Waals surface area contributed by atoms with Gasteiger partial charge < -0.3 is 19.9 Å². The van der Waals surface area contributed by atoms with Crippen LogP contribution in [0.1, 0.15) is 21.7 Å². The zero-order valence-electron chi connectivity index (χ0n) is 19.2. The largest absolute Gasteiger partial charge is 0.497 e. The zero-order valence-corrected chi connectivity index (χ0v) is 19.2. The number of aromatic nitrogens is 2. The van der Waals surface area contributed by atoms with E-state index in [1.54, 1.807) is 17.9 Å². The highest BCUT2D eigenvalue weighted by molar-refractivity contribution is 6.08. The SMILES string of the molecule is COc1cccc(NC(=O)c2ccccc2N2CCN(C(=O)Cn3nc(C)cc3C)CC2)c1. The molecule has 3 aromatic rings. The molecular formula is C25H29N5O3. The van der Waals surface area contributed by atoms with Crippen molar-refractivity contribution in [3.05, 3.63) is 71.5 Å². The van der Waals surface area contributed by atoms with E-state index >= 15 is 0 Å². The van der Waals surface area contributed by atoms with Crippen molar-refractivity contribution in [2.75, 3.05) is 43.5 Å². The summed E-state index contributed by atoms with van der Waals surface area (Å²) in [4.78, 5) is 29.8. The average Bonchev–Trinajstić information content (AvgIpc) is 3.15. The molecule has 2 aromatic carbocycles. The molecule has 1 aromatic heterocycles. The molecule has 0 unspecified atom stereocenters. The van der Waals surface area contributed by atoms with E-state index in [2.05, 4.69) is 15.3 Å². The summed E-state index contributed by atoms with van der Waals surface area (Å²) in [5, 5.41) is 7.34. The van der Waals surface area contributed by atoms with E-state index in [9.17, 15) is 9.59 Å². The van der Waals surface area contributed by atoms with Crippen molar-refractivity contribution in [2.45, 2.75) is 20.4 Å². The highest BCUT2D eigenvalue weighted by atomic mass is 16.5. The van der Waals surface area contributed by atoms with E-state index in [0.717, 1.165) is 17.1 Å². The molecule has 33 heavy (non-hydrogen) atoms. The average molecular weight is 448 g/mol. The summed E-state index contributed by atoms with van der Waals surface area (Å²) in [5.74, 6) is 0.564. The number of methoxy groups -OCH3 is 1. The van der Waals surface area contributed by atoms with Crippen LogP contribution >= 0.6 is 0 Å². The lowest BCUT2D eigenvalue weighted by Crippen LogP contribution is -2.50. The molecule has 0 atom stereocenters. The molecule has 0 spiro atoms. The number of aryl methyl sites for hydroxylation is 2. The van der Waals surface area contributed by atoms with Gasteiger partial charge in [0.05, 0.1) is 18.4 Å². The van der Waals surface area contributed by atoms with Crippen LogP contribution in [0.15, 0.2) is 54.6 Å². The van der Waals surface area contributed by atoms with Gasteiger partial charge in [-0.05, 0) is 44.2 Å². The van der Waals surface area contributed by atoms with Gasteiger partial charge in [0, 0.05) is 49.3 Å². The molecule has 2 amide bonds. The molecule has 0 aliphatic carbocycles. The van der Waals surface area contributed by atoms with Crippen LogP contribution in [-0.2, 0) is 11.3 Å². The van der Waals surface area contributed by atoms with Gasteiger partial charge in [0.25, 0.3) is 5.91 Å². The third kappa shape index (κ3) is 5.16. The molecule has 1 saturated heterocycles. The molecule has 8 heteroatoms. The third-order valence-electron chi connectivity index (χ3n) is 5.84. The summed E-state index contributed by atoms with van der Waals surface area (Å²) < 4.78 is 6.99. The van der Waals surface area contributed by atoms with E-state index in [1.165, 1.54) is 0 Å². The monoisotopic (exact) mass is 447 g/mol. The third-order valence-corrected chi connectivity index (χ3v) is 5.84. The molecule has 8 nitrogen and oxygen atoms in total. The molecule has 172 valence electrons. The van der Waals surface area contributed by atoms with Crippen molar-refractivity contribution >= 4 is 23.2 Å². The molecule has 2 heterocycles. The van der Waals surface area contributed by atoms with Gasteiger partial charge in [0.15, 0.2) is 0 Å². The Hall–Kier alpha value is -3.81. The van der Waals surface area contributed by atoms with Crippen LogP contribution in [0.3, 0.4) is 0 Å². The van der Waals surface area contributed by atoms with Gasteiger partial charge in [0.2, 0.25) is 5.91 Å². The summed E-state index contributed by atoms with van der Waals surface area (Å²) in [6.07, 6.45) is 0. The first kappa shape index (κ1) is 22.4. The number of nitrogens with zero attached hydrogens (tertiary/aromatic N) is 4. The Bertz CT molecular complexity index is 1150. The van der Waals surface area contributed by atoms with Crippen molar-refractivity contribution < 1.29 is 14.3 Å². The van der Waals surface area contributed by atoms with Crippen molar-refractivity contribution in [1.29, 1.82) is 0 Å². The van der Waals surface area contributed by atoms with Gasteiger partial charge in [0.1, 0.15) is 12.3 Å². The standard InChI is InChI=1S/C25H29N5O3/c1-18-15-19(2)30(27-18)17-24(31)29-13-11-28(12-14-29)23-10-5-4-9-22(23)25(32)26-20-7-6-8-21(16-20)33-3/h4-10,15-16H,11-14,17H2,1-3H3,(H,26,32). The maximum Gasteiger partial charge on any atom is 0.257 e. The maximum absolute atomic E-state index is 13.0. The van der Waals surface area contributed by atoms with Gasteiger partial charge in [-0.1, -0.05) is 18.2 Å². The first-order valence-corrected chi connectivity index (χ1v) is 11.0. The Morgan fingerprint density at radius 1 is 1.00 bits per heavy atom. The van der Waals surface area contributed by atoms with Gasteiger partial charge in [-0.15, -0.1) is 0 Å². The Morgan fingerprint density at radius 3 is 2.45 bits per heavy atom. The molecule has 0 bridgehead atoms. The first-order valence-electron chi connectivity index (χ1n) is 11.0. The second kappa shape index (κ2) is 9.77. The van der Waals surface area contributed by atoms with Crippen molar-refractivity contribution in [3.63, 3.8) is 0 Å². The first-order chi connectivity index (χ1) is 15.9. The second-order valence-corrected chi connectivity index (χ2v) is 8.16. The molecule has 1 fully saturated rings. The van der Waals surface area contributed by atoms with E-state index in [0.29, 0.717) is 43.2 Å². The number of rotatable bonds is 6. The summed E-state index contributed by atoms with van der Waals surface area (Å²) in [6, 6.07) is 16.8. The Labute approximate surface area is 193 Å². The van der Waals surface area contributed by atoms with E-state index in [4.69, 9.17) is 4.74 Å². The minimum atomic E-state index is -0.179. The number of amides is 2. The second-order valence-electron chi connectivity index (χ2n) is 8.16. The number of carbonyl (C=O) groups excluding carboxylic acids is 2. The predicted octanol–water partition coefficient (Wildman–Crippen LogP) is 3.11. The fraction of sp³-hybridized carbons (Fsp3) is 0.320. The van der Waals surface area contributed by atoms with E-state index in [-0.39, 0.29) is 18.4 Å². The van der Waals surface area contributed by atoms with Gasteiger partial charge >= 0.3 is 0 Å². The van der Waals surface area contributed by atoms with Crippen LogP contribution < -0.4 is 15.0 Å². The zero-order chi connectivity index (χ0) is 23.4. The van der Waals surface area contributed by atoms with Crippen molar-refractivity contribution in [3.8, 4) is 5.75 Å². The lowest BCUT2D eigenvalue weighted by Gasteiger charge is -2.37. The summed E-state index contributed by atoms with van der Waals surface area (Å²) in [6.45, 7) is 6.65. The van der Waals surface area contributed by atoms with Crippen LogP contribution in [0, 0.1) is 13.8 Å². The van der Waals surface area contributed by atoms with Gasteiger partial charge in [-0.25, -0.2) is 0 Å². The maximum atomic E-state index is 13.0. The van der Waals surface area contributed by atoms with Crippen molar-refractivity contribution in [2.24, 2.45) is 0 Å².